The first kappa shape index (κ1) is 17.4. The van der Waals surface area contributed by atoms with E-state index in [4.69, 9.17) is 25.3 Å². The van der Waals surface area contributed by atoms with Crippen LogP contribution in [0.1, 0.15) is 5.56 Å². The maximum absolute atomic E-state index is 11.2. The van der Waals surface area contributed by atoms with E-state index in [1.807, 2.05) is 16.7 Å². The lowest BCUT2D eigenvalue weighted by atomic mass is 10.1. The Morgan fingerprint density at radius 1 is 1.42 bits per heavy atom. The Hall–Kier alpha value is -1.45. The zero-order chi connectivity index (χ0) is 17.2. The zero-order valence-corrected chi connectivity index (χ0v) is 14.5. The van der Waals surface area contributed by atoms with Gasteiger partial charge < -0.3 is 14.0 Å². The summed E-state index contributed by atoms with van der Waals surface area (Å²) in [5, 5.41) is 0.603. The van der Waals surface area contributed by atoms with Gasteiger partial charge in [0.25, 0.3) is 10.1 Å². The monoisotopic (exact) mass is 372 g/mol. The molecule has 24 heavy (non-hydrogen) atoms. The molecule has 0 unspecified atom stereocenters. The summed E-state index contributed by atoms with van der Waals surface area (Å²) < 4.78 is 41.0. The number of aromatic nitrogens is 2. The van der Waals surface area contributed by atoms with Gasteiger partial charge in [-0.1, -0.05) is 23.7 Å². The predicted octanol–water partition coefficient (Wildman–Crippen LogP) is 1.78. The molecule has 2 aromatic rings. The van der Waals surface area contributed by atoms with E-state index in [0.717, 1.165) is 11.8 Å². The lowest BCUT2D eigenvalue weighted by molar-refractivity contribution is -0.189. The summed E-state index contributed by atoms with van der Waals surface area (Å²) in [5.41, 5.74) is 0.780. The Balaban J connectivity index is 1.82. The average Bonchev–Trinajstić information content (AvgIpc) is 3.16. The summed E-state index contributed by atoms with van der Waals surface area (Å²) >= 11 is 5.95. The summed E-state index contributed by atoms with van der Waals surface area (Å²) in [6, 6.07) is 7.14. The van der Waals surface area contributed by atoms with Crippen LogP contribution in [0.3, 0.4) is 0 Å². The van der Waals surface area contributed by atoms with Crippen LogP contribution in [0, 0.1) is 0 Å². The van der Waals surface area contributed by atoms with Crippen LogP contribution in [0.15, 0.2) is 43.0 Å². The van der Waals surface area contributed by atoms with E-state index in [1.54, 1.807) is 30.9 Å². The highest BCUT2D eigenvalue weighted by molar-refractivity contribution is 7.85. The highest BCUT2D eigenvalue weighted by Gasteiger charge is 2.44. The van der Waals surface area contributed by atoms with Crippen molar-refractivity contribution in [1.29, 1.82) is 0 Å². The molecule has 0 aliphatic carbocycles. The number of hydrogen-bond donors (Lipinski definition) is 0. The third-order valence-corrected chi connectivity index (χ3v) is 4.38. The number of benzene rings is 1. The second kappa shape index (κ2) is 6.81. The van der Waals surface area contributed by atoms with Crippen LogP contribution >= 0.6 is 11.6 Å². The van der Waals surface area contributed by atoms with Gasteiger partial charge in [-0.25, -0.2) is 4.98 Å². The Bertz CT molecular complexity index is 779. The van der Waals surface area contributed by atoms with Crippen molar-refractivity contribution in [2.24, 2.45) is 0 Å². The molecule has 1 saturated heterocycles. The second-order valence-corrected chi connectivity index (χ2v) is 7.61. The lowest BCUT2D eigenvalue weighted by Crippen LogP contribution is -2.34. The van der Waals surface area contributed by atoms with Crippen molar-refractivity contribution >= 4 is 21.7 Å². The van der Waals surface area contributed by atoms with Gasteiger partial charge in [-0.3, -0.25) is 4.18 Å². The van der Waals surface area contributed by atoms with Crippen molar-refractivity contribution in [3.63, 3.8) is 0 Å². The third-order valence-electron chi connectivity index (χ3n) is 3.56. The maximum atomic E-state index is 11.2. The van der Waals surface area contributed by atoms with Crippen LogP contribution in [-0.4, -0.2) is 43.5 Å². The Morgan fingerprint density at radius 3 is 2.79 bits per heavy atom. The van der Waals surface area contributed by atoms with Crippen molar-refractivity contribution in [2.45, 2.75) is 18.4 Å². The predicted molar refractivity (Wildman–Crippen MR) is 87.0 cm³/mol. The summed E-state index contributed by atoms with van der Waals surface area (Å²) in [4.78, 5) is 4.02. The summed E-state index contributed by atoms with van der Waals surface area (Å²) in [6.07, 6.45) is 5.62. The molecule has 0 amide bonds. The van der Waals surface area contributed by atoms with Gasteiger partial charge >= 0.3 is 0 Å². The van der Waals surface area contributed by atoms with Crippen LogP contribution in [-0.2, 0) is 36.1 Å². The maximum Gasteiger partial charge on any atom is 0.264 e. The molecule has 1 aromatic carbocycles. The fourth-order valence-corrected chi connectivity index (χ4v) is 3.02. The van der Waals surface area contributed by atoms with E-state index in [9.17, 15) is 8.42 Å². The number of nitrogens with zero attached hydrogens (tertiary/aromatic N) is 2. The molecule has 2 heterocycles. The van der Waals surface area contributed by atoms with Crippen LogP contribution in [0.4, 0.5) is 0 Å². The smallest absolute Gasteiger partial charge is 0.264 e. The van der Waals surface area contributed by atoms with Crippen LogP contribution < -0.4 is 0 Å². The lowest BCUT2D eigenvalue weighted by Gasteiger charge is -2.29. The van der Waals surface area contributed by atoms with Crippen molar-refractivity contribution in [2.75, 3.05) is 19.5 Å². The van der Waals surface area contributed by atoms with Gasteiger partial charge in [-0.05, 0) is 12.1 Å². The van der Waals surface area contributed by atoms with Crippen molar-refractivity contribution in [1.82, 2.24) is 9.55 Å². The van der Waals surface area contributed by atoms with Gasteiger partial charge in [0, 0.05) is 23.0 Å². The third kappa shape index (κ3) is 4.14. The highest BCUT2D eigenvalue weighted by atomic mass is 35.5. The summed E-state index contributed by atoms with van der Waals surface area (Å²) in [6.45, 7) is 0.481. The molecule has 0 N–H and O–H groups in total. The average molecular weight is 373 g/mol. The Morgan fingerprint density at radius 2 is 2.17 bits per heavy atom. The molecule has 1 aliphatic rings. The minimum atomic E-state index is -3.54. The molecule has 7 nitrogen and oxygen atoms in total. The number of hydrogen-bond acceptors (Lipinski definition) is 6. The molecule has 0 saturated carbocycles. The molecule has 0 radical (unpaired) electrons. The molecule has 1 fully saturated rings. The fourth-order valence-electron chi connectivity index (χ4n) is 2.50. The highest BCUT2D eigenvalue weighted by Crippen LogP contribution is 2.36. The first-order chi connectivity index (χ1) is 11.4. The molecule has 0 spiro atoms. The van der Waals surface area contributed by atoms with Crippen molar-refractivity contribution in [3.05, 3.63) is 53.6 Å². The Labute approximate surface area is 145 Å². The number of ether oxygens (including phenoxy) is 2. The van der Waals surface area contributed by atoms with E-state index in [2.05, 4.69) is 4.98 Å². The van der Waals surface area contributed by atoms with Crippen molar-refractivity contribution in [3.8, 4) is 0 Å². The Kier molecular flexibility index (Phi) is 4.93. The van der Waals surface area contributed by atoms with Crippen LogP contribution in [0.2, 0.25) is 5.02 Å². The minimum absolute atomic E-state index is 0.0991. The molecule has 1 aromatic heterocycles. The van der Waals surface area contributed by atoms with Crippen LogP contribution in [0.5, 0.6) is 0 Å². The zero-order valence-electron chi connectivity index (χ0n) is 13.0. The number of imidazole rings is 1. The minimum Gasteiger partial charge on any atom is -0.342 e. The molecular weight excluding hydrogens is 356 g/mol. The SMILES string of the molecule is CS(=O)(=O)OC[C@@H]1CO[C@@](Cn2ccnc2)(c2ccc(Cl)cc2)O1. The standard InChI is InChI=1S/C15H17ClN2O5S/c1-24(19,20)22-9-14-8-21-15(23-14,10-18-7-6-17-11-18)12-2-4-13(16)5-3-12/h2-7,11,14H,8-10H2,1H3/t14-,15+/m0/s1. The second-order valence-electron chi connectivity index (χ2n) is 5.53. The van der Waals surface area contributed by atoms with Gasteiger partial charge in [-0.15, -0.1) is 0 Å². The van der Waals surface area contributed by atoms with Crippen LogP contribution in [0.25, 0.3) is 0 Å². The first-order valence-electron chi connectivity index (χ1n) is 7.24. The summed E-state index contributed by atoms with van der Waals surface area (Å²) in [5.74, 6) is -1.06. The largest absolute Gasteiger partial charge is 0.342 e. The number of halogens is 1. The molecule has 3 rings (SSSR count). The normalized spacial score (nSPS) is 24.3. The van der Waals surface area contributed by atoms with E-state index in [0.29, 0.717) is 11.6 Å². The number of rotatable bonds is 6. The van der Waals surface area contributed by atoms with Gasteiger partial charge in [0.1, 0.15) is 6.10 Å². The molecule has 130 valence electrons. The van der Waals surface area contributed by atoms with E-state index in [1.165, 1.54) is 0 Å². The van der Waals surface area contributed by atoms with E-state index >= 15 is 0 Å². The van der Waals surface area contributed by atoms with Gasteiger partial charge in [0.2, 0.25) is 5.79 Å². The molecule has 9 heteroatoms. The fraction of sp³-hybridized carbons (Fsp3) is 0.400. The van der Waals surface area contributed by atoms with Gasteiger partial charge in [0.15, 0.2) is 0 Å². The molecular formula is C15H17ClN2O5S. The quantitative estimate of drug-likeness (QED) is 0.719. The van der Waals surface area contributed by atoms with Gasteiger partial charge in [0.05, 0.1) is 32.3 Å². The first-order valence-corrected chi connectivity index (χ1v) is 9.44. The molecule has 1 aliphatic heterocycles. The summed E-state index contributed by atoms with van der Waals surface area (Å²) in [7, 11) is -3.54. The van der Waals surface area contributed by atoms with Gasteiger partial charge in [-0.2, -0.15) is 8.42 Å². The van der Waals surface area contributed by atoms with Crippen molar-refractivity contribution < 1.29 is 22.1 Å². The molecule has 0 bridgehead atoms. The van der Waals surface area contributed by atoms with E-state index in [-0.39, 0.29) is 13.2 Å². The topological polar surface area (TPSA) is 79.7 Å². The molecule has 2 atom stereocenters. The van der Waals surface area contributed by atoms with E-state index < -0.39 is 22.0 Å².